The molecule has 4 rings (SSSR count). The molecule has 0 spiro atoms. The standard InChI is InChI=1S/C21H33N/c1-21(2,3)16-13-17(14-16)22-12-6-9-20(22)19-8-5-4-7-18(19)15-10-11-15/h4-5,7,15-17,19-20H,6,8-14H2,1-3H3/t16?,17?,19?,20-/m0/s1. The third-order valence-corrected chi connectivity index (χ3v) is 6.91. The molecule has 1 saturated heterocycles. The third-order valence-electron chi connectivity index (χ3n) is 6.91. The molecular weight excluding hydrogens is 266 g/mol. The summed E-state index contributed by atoms with van der Waals surface area (Å²) in [5, 5.41) is 0. The Labute approximate surface area is 136 Å². The number of likely N-dealkylation sites (tertiary alicyclic amines) is 1. The van der Waals surface area contributed by atoms with Gasteiger partial charge in [-0.3, -0.25) is 4.90 Å². The molecule has 22 heavy (non-hydrogen) atoms. The second-order valence-electron chi connectivity index (χ2n) is 9.35. The molecule has 0 aromatic heterocycles. The maximum atomic E-state index is 2.93. The number of nitrogens with zero attached hydrogens (tertiary/aromatic N) is 1. The van der Waals surface area contributed by atoms with E-state index in [1.54, 1.807) is 0 Å². The van der Waals surface area contributed by atoms with Gasteiger partial charge in [0.1, 0.15) is 0 Å². The van der Waals surface area contributed by atoms with Crippen molar-refractivity contribution in [2.24, 2.45) is 23.2 Å². The Hall–Kier alpha value is -0.560. The molecule has 1 nitrogen and oxygen atoms in total. The van der Waals surface area contributed by atoms with Crippen LogP contribution in [0.1, 0.15) is 65.7 Å². The van der Waals surface area contributed by atoms with Gasteiger partial charge in [0.2, 0.25) is 0 Å². The van der Waals surface area contributed by atoms with Gasteiger partial charge in [0.05, 0.1) is 0 Å². The molecule has 1 heteroatoms. The lowest BCUT2D eigenvalue weighted by Crippen LogP contribution is -2.52. The Morgan fingerprint density at radius 1 is 1.09 bits per heavy atom. The highest BCUT2D eigenvalue weighted by molar-refractivity contribution is 5.28. The van der Waals surface area contributed by atoms with Gasteiger partial charge in [-0.25, -0.2) is 0 Å². The predicted octanol–water partition coefficient (Wildman–Crippen LogP) is 5.19. The first-order chi connectivity index (χ1) is 10.5. The quantitative estimate of drug-likeness (QED) is 0.693. The second kappa shape index (κ2) is 5.51. The summed E-state index contributed by atoms with van der Waals surface area (Å²) in [6.45, 7) is 8.64. The summed E-state index contributed by atoms with van der Waals surface area (Å²) in [6.07, 6.45) is 17.2. The minimum atomic E-state index is 0.512. The molecule has 4 aliphatic rings. The van der Waals surface area contributed by atoms with Crippen molar-refractivity contribution in [1.82, 2.24) is 4.90 Å². The summed E-state index contributed by atoms with van der Waals surface area (Å²) < 4.78 is 0. The zero-order valence-electron chi connectivity index (χ0n) is 14.7. The Kier molecular flexibility index (Phi) is 3.76. The first-order valence-electron chi connectivity index (χ1n) is 9.66. The van der Waals surface area contributed by atoms with Crippen LogP contribution in [0.2, 0.25) is 0 Å². The second-order valence-corrected chi connectivity index (χ2v) is 9.35. The van der Waals surface area contributed by atoms with Crippen molar-refractivity contribution < 1.29 is 0 Å². The van der Waals surface area contributed by atoms with Gasteiger partial charge >= 0.3 is 0 Å². The van der Waals surface area contributed by atoms with Crippen LogP contribution in [0.3, 0.4) is 0 Å². The Balaban J connectivity index is 1.44. The smallest absolute Gasteiger partial charge is 0.0167 e. The van der Waals surface area contributed by atoms with Crippen LogP contribution in [0.15, 0.2) is 23.8 Å². The van der Waals surface area contributed by atoms with E-state index >= 15 is 0 Å². The summed E-state index contributed by atoms with van der Waals surface area (Å²) in [6, 6.07) is 1.74. The van der Waals surface area contributed by atoms with Crippen molar-refractivity contribution in [2.45, 2.75) is 77.8 Å². The minimum absolute atomic E-state index is 0.512. The van der Waals surface area contributed by atoms with Gasteiger partial charge in [0.15, 0.2) is 0 Å². The maximum absolute atomic E-state index is 2.93. The highest BCUT2D eigenvalue weighted by Crippen LogP contribution is 2.49. The molecule has 1 aliphatic heterocycles. The van der Waals surface area contributed by atoms with Gasteiger partial charge in [-0.2, -0.15) is 0 Å². The van der Waals surface area contributed by atoms with Gasteiger partial charge in [0.25, 0.3) is 0 Å². The van der Waals surface area contributed by atoms with Crippen LogP contribution < -0.4 is 0 Å². The summed E-state index contributed by atoms with van der Waals surface area (Å²) in [5.41, 5.74) is 2.32. The molecule has 2 saturated carbocycles. The summed E-state index contributed by atoms with van der Waals surface area (Å²) >= 11 is 0. The zero-order valence-corrected chi connectivity index (χ0v) is 14.7. The van der Waals surface area contributed by atoms with Crippen molar-refractivity contribution in [3.05, 3.63) is 23.8 Å². The first-order valence-corrected chi connectivity index (χ1v) is 9.66. The Bertz CT molecular complexity index is 471. The van der Waals surface area contributed by atoms with Crippen molar-refractivity contribution in [1.29, 1.82) is 0 Å². The van der Waals surface area contributed by atoms with Crippen LogP contribution in [-0.4, -0.2) is 23.5 Å². The lowest BCUT2D eigenvalue weighted by molar-refractivity contribution is 0.00512. The molecule has 1 unspecified atom stereocenters. The fourth-order valence-electron chi connectivity index (χ4n) is 5.16. The van der Waals surface area contributed by atoms with E-state index < -0.39 is 0 Å². The van der Waals surface area contributed by atoms with Gasteiger partial charge in [-0.15, -0.1) is 0 Å². The van der Waals surface area contributed by atoms with E-state index in [1.165, 1.54) is 51.5 Å². The van der Waals surface area contributed by atoms with Crippen LogP contribution in [0.25, 0.3) is 0 Å². The summed E-state index contributed by atoms with van der Waals surface area (Å²) in [7, 11) is 0. The first kappa shape index (κ1) is 15.0. The summed E-state index contributed by atoms with van der Waals surface area (Å²) in [4.78, 5) is 2.93. The van der Waals surface area contributed by atoms with Crippen LogP contribution in [0.5, 0.6) is 0 Å². The van der Waals surface area contributed by atoms with Gasteiger partial charge in [-0.05, 0) is 74.7 Å². The fraction of sp³-hybridized carbons (Fsp3) is 0.810. The van der Waals surface area contributed by atoms with Crippen molar-refractivity contribution in [3.63, 3.8) is 0 Å². The van der Waals surface area contributed by atoms with Gasteiger partial charge < -0.3 is 0 Å². The van der Waals surface area contributed by atoms with Crippen LogP contribution in [0.4, 0.5) is 0 Å². The van der Waals surface area contributed by atoms with Gasteiger partial charge in [-0.1, -0.05) is 44.6 Å². The molecule has 0 aromatic carbocycles. The van der Waals surface area contributed by atoms with Gasteiger partial charge in [0, 0.05) is 12.1 Å². The molecule has 3 fully saturated rings. The number of rotatable bonds is 3. The van der Waals surface area contributed by atoms with Crippen LogP contribution in [-0.2, 0) is 0 Å². The highest BCUT2D eigenvalue weighted by atomic mass is 15.2. The molecule has 122 valence electrons. The Morgan fingerprint density at radius 2 is 1.86 bits per heavy atom. The SMILES string of the molecule is CC(C)(C)C1CC(N2CCC[C@H]2C2CC=CC=C2C2CC2)C1. The highest BCUT2D eigenvalue weighted by Gasteiger charge is 2.46. The third kappa shape index (κ3) is 2.70. The van der Waals surface area contributed by atoms with E-state index in [4.69, 9.17) is 0 Å². The average Bonchev–Trinajstić information content (AvgIpc) is 3.15. The largest absolute Gasteiger partial charge is 0.297 e. The topological polar surface area (TPSA) is 3.24 Å². The van der Waals surface area contributed by atoms with E-state index in [1.807, 2.05) is 5.57 Å². The minimum Gasteiger partial charge on any atom is -0.297 e. The zero-order chi connectivity index (χ0) is 15.3. The monoisotopic (exact) mass is 299 g/mol. The number of allylic oxidation sites excluding steroid dienone is 3. The molecule has 0 aromatic rings. The van der Waals surface area contributed by atoms with E-state index in [0.29, 0.717) is 5.41 Å². The molecule has 1 heterocycles. The molecule has 0 bridgehead atoms. The van der Waals surface area contributed by atoms with E-state index in [9.17, 15) is 0 Å². The predicted molar refractivity (Wildman–Crippen MR) is 93.7 cm³/mol. The normalized spacial score (nSPS) is 39.7. The van der Waals surface area contributed by atoms with E-state index in [-0.39, 0.29) is 0 Å². The lowest BCUT2D eigenvalue weighted by atomic mass is 9.65. The molecular formula is C21H33N. The Morgan fingerprint density at radius 3 is 2.55 bits per heavy atom. The van der Waals surface area contributed by atoms with Crippen molar-refractivity contribution in [3.8, 4) is 0 Å². The summed E-state index contributed by atoms with van der Waals surface area (Å²) in [5.74, 6) is 2.73. The fourth-order valence-corrected chi connectivity index (χ4v) is 5.16. The van der Waals surface area contributed by atoms with Crippen molar-refractivity contribution >= 4 is 0 Å². The number of hydrogen-bond donors (Lipinski definition) is 0. The molecule has 2 atom stereocenters. The van der Waals surface area contributed by atoms with Crippen molar-refractivity contribution in [2.75, 3.05) is 6.54 Å². The van der Waals surface area contributed by atoms with E-state index in [2.05, 4.69) is 43.9 Å². The molecule has 0 N–H and O–H groups in total. The molecule has 0 radical (unpaired) electrons. The average molecular weight is 300 g/mol. The van der Waals surface area contributed by atoms with Crippen LogP contribution in [0, 0.1) is 23.2 Å². The maximum Gasteiger partial charge on any atom is 0.0167 e. The number of hydrogen-bond acceptors (Lipinski definition) is 1. The van der Waals surface area contributed by atoms with Crippen LogP contribution >= 0.6 is 0 Å². The molecule has 3 aliphatic carbocycles. The lowest BCUT2D eigenvalue weighted by Gasteiger charge is -2.50. The molecule has 0 amide bonds. The van der Waals surface area contributed by atoms with E-state index in [0.717, 1.165) is 29.8 Å².